The highest BCUT2D eigenvalue weighted by Crippen LogP contribution is 2.35. The number of carboxylic acid groups (broad SMARTS) is 1. The Balaban J connectivity index is 1.60. The molecule has 2 aromatic rings. The van der Waals surface area contributed by atoms with Crippen LogP contribution in [0, 0.1) is 0 Å². The maximum atomic E-state index is 12.6. The molecule has 0 saturated carbocycles. The highest BCUT2D eigenvalue weighted by molar-refractivity contribution is 8.76. The Morgan fingerprint density at radius 2 is 1.75 bits per heavy atom. The second-order valence-corrected chi connectivity index (χ2v) is 12.4. The van der Waals surface area contributed by atoms with Gasteiger partial charge in [0.25, 0.3) is 5.89 Å². The van der Waals surface area contributed by atoms with Gasteiger partial charge in [0, 0.05) is 29.4 Å². The minimum Gasteiger partial charge on any atom is -0.465 e. The van der Waals surface area contributed by atoms with Crippen LogP contribution in [0.15, 0.2) is 34.9 Å². The maximum absolute atomic E-state index is 12.6. The van der Waals surface area contributed by atoms with Crippen LogP contribution in [0.4, 0.5) is 4.79 Å². The summed E-state index contributed by atoms with van der Waals surface area (Å²) in [5.74, 6) is 0.987. The van der Waals surface area contributed by atoms with Crippen LogP contribution >= 0.6 is 21.6 Å². The van der Waals surface area contributed by atoms with Crippen molar-refractivity contribution in [3.63, 3.8) is 0 Å². The number of carbonyl (C=O) groups is 3. The Labute approximate surface area is 218 Å². The number of piperazine rings is 1. The predicted molar refractivity (Wildman–Crippen MR) is 140 cm³/mol. The first-order chi connectivity index (χ1) is 17.0. The summed E-state index contributed by atoms with van der Waals surface area (Å²) >= 11 is 0. The zero-order chi connectivity index (χ0) is 26.5. The number of rotatable bonds is 10. The van der Waals surface area contributed by atoms with Crippen LogP contribution in [0.3, 0.4) is 0 Å². The van der Waals surface area contributed by atoms with Gasteiger partial charge < -0.3 is 20.3 Å². The number of nitrogens with zero attached hydrogens (tertiary/aromatic N) is 3. The first kappa shape index (κ1) is 27.9. The van der Waals surface area contributed by atoms with Gasteiger partial charge in [0.1, 0.15) is 18.1 Å². The molecule has 10 nitrogen and oxygen atoms in total. The topological polar surface area (TPSA) is 138 Å². The second-order valence-electron chi connectivity index (χ2n) is 9.87. The number of hydrogen-bond donors (Lipinski definition) is 3. The van der Waals surface area contributed by atoms with E-state index in [0.29, 0.717) is 23.8 Å². The van der Waals surface area contributed by atoms with E-state index < -0.39 is 29.8 Å². The van der Waals surface area contributed by atoms with E-state index in [0.717, 1.165) is 5.56 Å². The van der Waals surface area contributed by atoms with E-state index in [-0.39, 0.29) is 23.6 Å². The third kappa shape index (κ3) is 7.16. The minimum absolute atomic E-state index is 0.0391. The third-order valence-corrected chi connectivity index (χ3v) is 8.00. The molecule has 1 saturated heterocycles. The zero-order valence-corrected chi connectivity index (χ0v) is 22.7. The van der Waals surface area contributed by atoms with Gasteiger partial charge in [0.15, 0.2) is 5.82 Å². The summed E-state index contributed by atoms with van der Waals surface area (Å²) in [6.45, 7) is 9.28. The number of carbonyl (C=O) groups excluding carboxylic acids is 2. The molecule has 0 radical (unpaired) electrons. The Morgan fingerprint density at radius 1 is 1.11 bits per heavy atom. The van der Waals surface area contributed by atoms with E-state index >= 15 is 0 Å². The minimum atomic E-state index is -1.09. The lowest BCUT2D eigenvalue weighted by Crippen LogP contribution is -2.63. The molecule has 1 aromatic heterocycles. The molecule has 0 unspecified atom stereocenters. The fourth-order valence-corrected chi connectivity index (χ4v) is 6.13. The average molecular weight is 536 g/mol. The lowest BCUT2D eigenvalue weighted by molar-refractivity contribution is -0.136. The summed E-state index contributed by atoms with van der Waals surface area (Å²) in [4.78, 5) is 43.1. The van der Waals surface area contributed by atoms with Gasteiger partial charge in [-0.1, -0.05) is 70.9 Å². The quantitative estimate of drug-likeness (QED) is 0.308. The lowest BCUT2D eigenvalue weighted by atomic mass is 10.0. The van der Waals surface area contributed by atoms with Crippen LogP contribution in [0.25, 0.3) is 0 Å². The molecule has 36 heavy (non-hydrogen) atoms. The van der Waals surface area contributed by atoms with Crippen molar-refractivity contribution in [3.05, 3.63) is 47.6 Å². The standard InChI is InChI=1S/C24H33N5O5S2/c1-14(2)19-27-22(34-28-19)18(29(23(32)33)24(3,4)5)13-36-35-12-17-21(31)25-16(20(30)26-17)11-15-9-7-6-8-10-15/h6-10,14,16-18H,11-13H2,1-5H3,(H,25,31)(H,26,30)(H,32,33)/t16-,17+,18+/m1/s1. The average Bonchev–Trinajstić information content (AvgIpc) is 3.29. The molecule has 1 fully saturated rings. The first-order valence-corrected chi connectivity index (χ1v) is 14.2. The van der Waals surface area contributed by atoms with Crippen LogP contribution in [0.5, 0.6) is 0 Å². The van der Waals surface area contributed by atoms with Crippen LogP contribution in [0.1, 0.15) is 63.9 Å². The van der Waals surface area contributed by atoms with Gasteiger partial charge in [-0.05, 0) is 26.3 Å². The number of hydrogen-bond acceptors (Lipinski definition) is 8. The van der Waals surface area contributed by atoms with E-state index in [9.17, 15) is 19.5 Å². The van der Waals surface area contributed by atoms with Crippen molar-refractivity contribution < 1.29 is 24.0 Å². The molecule has 3 rings (SSSR count). The summed E-state index contributed by atoms with van der Waals surface area (Å²) in [5, 5.41) is 19.5. The van der Waals surface area contributed by atoms with Crippen molar-refractivity contribution in [1.82, 2.24) is 25.7 Å². The van der Waals surface area contributed by atoms with E-state index in [1.54, 1.807) is 20.8 Å². The van der Waals surface area contributed by atoms with Gasteiger partial charge in [-0.25, -0.2) is 4.79 Å². The fourth-order valence-electron chi connectivity index (χ4n) is 3.78. The van der Waals surface area contributed by atoms with Gasteiger partial charge in [0.2, 0.25) is 11.8 Å². The van der Waals surface area contributed by atoms with Crippen LogP contribution < -0.4 is 10.6 Å². The van der Waals surface area contributed by atoms with Gasteiger partial charge in [-0.15, -0.1) is 0 Å². The van der Waals surface area contributed by atoms with Gasteiger partial charge in [-0.2, -0.15) is 4.98 Å². The van der Waals surface area contributed by atoms with Crippen molar-refractivity contribution in [2.24, 2.45) is 0 Å². The molecule has 2 heterocycles. The molecular formula is C24H33N5O5S2. The van der Waals surface area contributed by atoms with Crippen molar-refractivity contribution in [2.45, 2.75) is 70.6 Å². The second kappa shape index (κ2) is 12.0. The summed E-state index contributed by atoms with van der Waals surface area (Å²) in [7, 11) is 2.77. The SMILES string of the molecule is CC(C)c1noc([C@H](CSSC[C@@H]2NC(=O)[C@@H](Cc3ccccc3)NC2=O)N(C(=O)O)C(C)(C)C)n1. The number of benzene rings is 1. The smallest absolute Gasteiger partial charge is 0.408 e. The van der Waals surface area contributed by atoms with Gasteiger partial charge in [0.05, 0.1) is 0 Å². The van der Waals surface area contributed by atoms with E-state index in [1.807, 2.05) is 44.2 Å². The zero-order valence-electron chi connectivity index (χ0n) is 21.1. The predicted octanol–water partition coefficient (Wildman–Crippen LogP) is 3.62. The Kier molecular flexibility index (Phi) is 9.29. The molecular weight excluding hydrogens is 502 g/mol. The normalized spacial score (nSPS) is 19.1. The molecule has 3 atom stereocenters. The largest absolute Gasteiger partial charge is 0.465 e. The van der Waals surface area contributed by atoms with E-state index in [1.165, 1.54) is 26.5 Å². The molecule has 3 amide bonds. The molecule has 0 bridgehead atoms. The lowest BCUT2D eigenvalue weighted by Gasteiger charge is -2.37. The molecule has 0 aliphatic carbocycles. The van der Waals surface area contributed by atoms with Crippen molar-refractivity contribution >= 4 is 39.5 Å². The van der Waals surface area contributed by atoms with Crippen LogP contribution in [0.2, 0.25) is 0 Å². The van der Waals surface area contributed by atoms with Crippen molar-refractivity contribution in [2.75, 3.05) is 11.5 Å². The van der Waals surface area contributed by atoms with E-state index in [4.69, 9.17) is 4.52 Å². The van der Waals surface area contributed by atoms with E-state index in [2.05, 4.69) is 20.8 Å². The third-order valence-electron chi connectivity index (χ3n) is 5.59. The summed E-state index contributed by atoms with van der Waals surface area (Å²) < 4.78 is 5.44. The first-order valence-electron chi connectivity index (χ1n) is 11.7. The highest BCUT2D eigenvalue weighted by Gasteiger charge is 2.38. The monoisotopic (exact) mass is 535 g/mol. The molecule has 0 spiro atoms. The Morgan fingerprint density at radius 3 is 2.33 bits per heavy atom. The molecule has 1 aromatic carbocycles. The van der Waals surface area contributed by atoms with Crippen LogP contribution in [-0.2, 0) is 16.0 Å². The maximum Gasteiger partial charge on any atom is 0.408 e. The molecule has 12 heteroatoms. The summed E-state index contributed by atoms with van der Waals surface area (Å²) in [5.41, 5.74) is 0.259. The molecule has 1 aliphatic heterocycles. The summed E-state index contributed by atoms with van der Waals surface area (Å²) in [6, 6.07) is 7.56. The molecule has 196 valence electrons. The molecule has 3 N–H and O–H groups in total. The highest BCUT2D eigenvalue weighted by atomic mass is 33.1. The molecule has 1 aliphatic rings. The van der Waals surface area contributed by atoms with Crippen molar-refractivity contribution in [3.8, 4) is 0 Å². The summed E-state index contributed by atoms with van der Waals surface area (Å²) in [6.07, 6.45) is -0.666. The van der Waals surface area contributed by atoms with Gasteiger partial charge in [-0.3, -0.25) is 14.5 Å². The Bertz CT molecular complexity index is 1060. The number of aromatic nitrogens is 2. The van der Waals surface area contributed by atoms with Gasteiger partial charge >= 0.3 is 6.09 Å². The van der Waals surface area contributed by atoms with Crippen LogP contribution in [-0.4, -0.2) is 67.2 Å². The van der Waals surface area contributed by atoms with Crippen molar-refractivity contribution in [1.29, 1.82) is 0 Å². The Hall–Kier alpha value is -2.73. The number of nitrogens with one attached hydrogen (secondary N) is 2. The fraction of sp³-hybridized carbons (Fsp3) is 0.542. The number of amides is 3.